The van der Waals surface area contributed by atoms with Gasteiger partial charge in [0.15, 0.2) is 5.65 Å². The predicted octanol–water partition coefficient (Wildman–Crippen LogP) is 4.18. The zero-order valence-corrected chi connectivity index (χ0v) is 17.6. The Morgan fingerprint density at radius 1 is 1.03 bits per heavy atom. The maximum atomic E-state index is 14.0. The van der Waals surface area contributed by atoms with Gasteiger partial charge in [-0.1, -0.05) is 31.5 Å². The smallest absolute Gasteiger partial charge is 0.350 e. The molecule has 0 radical (unpaired) electrons. The molecule has 0 atom stereocenters. The molecule has 0 spiro atoms. The highest BCUT2D eigenvalue weighted by Gasteiger charge is 2.14. The molecule has 0 aliphatic rings. The lowest BCUT2D eigenvalue weighted by Crippen LogP contribution is -2.22. The van der Waals surface area contributed by atoms with Crippen LogP contribution in [-0.2, 0) is 6.54 Å². The molecule has 32 heavy (non-hydrogen) atoms. The van der Waals surface area contributed by atoms with Gasteiger partial charge in [-0.15, -0.1) is 5.10 Å². The van der Waals surface area contributed by atoms with E-state index >= 15 is 0 Å². The molecule has 0 aliphatic carbocycles. The number of nitrogens with zero attached hydrogens (tertiary/aromatic N) is 5. The Morgan fingerprint density at radius 2 is 1.84 bits per heavy atom. The van der Waals surface area contributed by atoms with E-state index in [4.69, 9.17) is 4.74 Å². The number of unbranched alkanes of at least 4 members (excludes halogenated alkanes) is 1. The zero-order valence-electron chi connectivity index (χ0n) is 17.6. The van der Waals surface area contributed by atoms with Gasteiger partial charge in [-0.05, 0) is 42.8 Å². The van der Waals surface area contributed by atoms with E-state index in [-0.39, 0.29) is 18.1 Å². The molecule has 5 rings (SSSR count). The van der Waals surface area contributed by atoms with Crippen molar-refractivity contribution in [3.8, 4) is 17.0 Å². The van der Waals surface area contributed by atoms with Crippen molar-refractivity contribution < 1.29 is 9.13 Å². The standard InChI is InChI=1S/C24H22FN5O2/c1-2-3-14-32-19-10-8-17(9-11-19)21-15-22-23-27-30(16-18-6-4-5-7-20(18)25)24(31)28(23)12-13-29(22)26-21/h4-13,15H,2-3,14,16H2,1H3. The normalized spacial score (nSPS) is 11.4. The van der Waals surface area contributed by atoms with Gasteiger partial charge >= 0.3 is 5.69 Å². The first-order valence-electron chi connectivity index (χ1n) is 10.6. The fourth-order valence-corrected chi connectivity index (χ4v) is 3.62. The van der Waals surface area contributed by atoms with E-state index in [9.17, 15) is 9.18 Å². The summed E-state index contributed by atoms with van der Waals surface area (Å²) in [4.78, 5) is 12.8. The predicted molar refractivity (Wildman–Crippen MR) is 120 cm³/mol. The molecule has 0 unspecified atom stereocenters. The van der Waals surface area contributed by atoms with Crippen LogP contribution in [0.3, 0.4) is 0 Å². The lowest BCUT2D eigenvalue weighted by atomic mass is 10.1. The Balaban J connectivity index is 1.49. The van der Waals surface area contributed by atoms with E-state index < -0.39 is 0 Å². The fraction of sp³-hybridized carbons (Fsp3) is 0.208. The number of rotatable bonds is 7. The molecule has 0 bridgehead atoms. The summed E-state index contributed by atoms with van der Waals surface area (Å²) in [7, 11) is 0. The lowest BCUT2D eigenvalue weighted by Gasteiger charge is -2.05. The Hall–Kier alpha value is -3.94. The molecule has 0 saturated heterocycles. The van der Waals surface area contributed by atoms with Crippen molar-refractivity contribution in [1.29, 1.82) is 0 Å². The van der Waals surface area contributed by atoms with Gasteiger partial charge in [0, 0.05) is 23.5 Å². The molecular weight excluding hydrogens is 409 g/mol. The third kappa shape index (κ3) is 3.64. The average molecular weight is 431 g/mol. The molecule has 5 aromatic rings. The summed E-state index contributed by atoms with van der Waals surface area (Å²) in [5.41, 5.74) is 2.92. The van der Waals surface area contributed by atoms with Crippen LogP contribution >= 0.6 is 0 Å². The minimum absolute atomic E-state index is 0.0554. The van der Waals surface area contributed by atoms with E-state index in [0.29, 0.717) is 23.3 Å². The molecule has 162 valence electrons. The van der Waals surface area contributed by atoms with Gasteiger partial charge in [-0.3, -0.25) is 0 Å². The van der Waals surface area contributed by atoms with Crippen LogP contribution in [-0.4, -0.2) is 30.4 Å². The monoisotopic (exact) mass is 431 g/mol. The van der Waals surface area contributed by atoms with E-state index in [2.05, 4.69) is 17.1 Å². The Kier molecular flexibility index (Phi) is 5.18. The van der Waals surface area contributed by atoms with Crippen molar-refractivity contribution in [2.75, 3.05) is 6.61 Å². The Bertz CT molecular complexity index is 1450. The van der Waals surface area contributed by atoms with Crippen LogP contribution in [0, 0.1) is 5.82 Å². The molecule has 3 aromatic heterocycles. The van der Waals surface area contributed by atoms with Gasteiger partial charge in [0.25, 0.3) is 0 Å². The number of halogens is 1. The molecule has 0 saturated carbocycles. The first kappa shape index (κ1) is 20.0. The second kappa shape index (κ2) is 8.30. The third-order valence-electron chi connectivity index (χ3n) is 5.39. The van der Waals surface area contributed by atoms with Crippen LogP contribution in [0.5, 0.6) is 5.75 Å². The SMILES string of the molecule is CCCCOc1ccc(-c2cc3c4nn(Cc5ccccc5F)c(=O)n4ccn3n2)cc1. The Morgan fingerprint density at radius 3 is 2.62 bits per heavy atom. The number of hydrogen-bond acceptors (Lipinski definition) is 4. The minimum atomic E-state index is -0.365. The van der Waals surface area contributed by atoms with Gasteiger partial charge in [0.2, 0.25) is 0 Å². The highest BCUT2D eigenvalue weighted by Crippen LogP contribution is 2.24. The van der Waals surface area contributed by atoms with Gasteiger partial charge in [-0.25, -0.2) is 22.8 Å². The van der Waals surface area contributed by atoms with Crippen molar-refractivity contribution >= 4 is 11.2 Å². The maximum Gasteiger partial charge on any atom is 0.350 e. The van der Waals surface area contributed by atoms with Crippen LogP contribution in [0.2, 0.25) is 0 Å². The highest BCUT2D eigenvalue weighted by molar-refractivity contribution is 5.76. The minimum Gasteiger partial charge on any atom is -0.494 e. The number of hydrogen-bond donors (Lipinski definition) is 0. The fourth-order valence-electron chi connectivity index (χ4n) is 3.62. The quantitative estimate of drug-likeness (QED) is 0.363. The molecule has 0 aliphatic heterocycles. The highest BCUT2D eigenvalue weighted by atomic mass is 19.1. The summed E-state index contributed by atoms with van der Waals surface area (Å²) >= 11 is 0. The van der Waals surface area contributed by atoms with Crippen molar-refractivity contribution in [1.82, 2.24) is 23.8 Å². The molecule has 3 heterocycles. The number of fused-ring (bicyclic) bond motifs is 3. The molecule has 0 N–H and O–H groups in total. The van der Waals surface area contributed by atoms with Crippen molar-refractivity contribution in [2.45, 2.75) is 26.3 Å². The van der Waals surface area contributed by atoms with Crippen molar-refractivity contribution in [2.24, 2.45) is 0 Å². The summed E-state index contributed by atoms with van der Waals surface area (Å²) in [6.45, 7) is 2.89. The average Bonchev–Trinajstić information content (AvgIpc) is 3.38. The summed E-state index contributed by atoms with van der Waals surface area (Å²) in [5.74, 6) is 0.460. The zero-order chi connectivity index (χ0) is 22.1. The molecule has 0 amide bonds. The van der Waals surface area contributed by atoms with E-state index in [1.165, 1.54) is 15.1 Å². The van der Waals surface area contributed by atoms with Crippen LogP contribution < -0.4 is 10.4 Å². The van der Waals surface area contributed by atoms with Crippen molar-refractivity contribution in [3.05, 3.63) is 88.9 Å². The maximum absolute atomic E-state index is 14.0. The van der Waals surface area contributed by atoms with Crippen LogP contribution in [0.1, 0.15) is 25.3 Å². The molecular formula is C24H22FN5O2. The number of ether oxygens (including phenoxy) is 1. The lowest BCUT2D eigenvalue weighted by molar-refractivity contribution is 0.309. The van der Waals surface area contributed by atoms with Crippen LogP contribution in [0.25, 0.3) is 22.4 Å². The summed E-state index contributed by atoms with van der Waals surface area (Å²) < 4.78 is 24.2. The van der Waals surface area contributed by atoms with E-state index in [1.807, 2.05) is 30.3 Å². The summed E-state index contributed by atoms with van der Waals surface area (Å²) in [6.07, 6.45) is 5.45. The first-order valence-corrected chi connectivity index (χ1v) is 10.6. The topological polar surface area (TPSA) is 65.8 Å². The molecule has 7 nitrogen and oxygen atoms in total. The third-order valence-corrected chi connectivity index (χ3v) is 5.39. The summed E-state index contributed by atoms with van der Waals surface area (Å²) in [5, 5.41) is 9.09. The Labute approximate surface area is 183 Å². The van der Waals surface area contributed by atoms with Crippen molar-refractivity contribution in [3.63, 3.8) is 0 Å². The second-order valence-corrected chi connectivity index (χ2v) is 7.61. The second-order valence-electron chi connectivity index (χ2n) is 7.61. The molecule has 0 fully saturated rings. The van der Waals surface area contributed by atoms with Gasteiger partial charge in [0.1, 0.15) is 17.1 Å². The van der Waals surface area contributed by atoms with E-state index in [0.717, 1.165) is 29.8 Å². The molecule has 8 heteroatoms. The van der Waals surface area contributed by atoms with Gasteiger partial charge in [-0.2, -0.15) is 5.10 Å². The van der Waals surface area contributed by atoms with E-state index in [1.54, 1.807) is 35.1 Å². The number of benzene rings is 2. The summed E-state index contributed by atoms with van der Waals surface area (Å²) in [6, 6.07) is 16.0. The first-order chi connectivity index (χ1) is 15.6. The van der Waals surface area contributed by atoms with Crippen LogP contribution in [0.15, 0.2) is 71.8 Å². The van der Waals surface area contributed by atoms with Crippen LogP contribution in [0.4, 0.5) is 4.39 Å². The molecule has 2 aromatic carbocycles. The van der Waals surface area contributed by atoms with Gasteiger partial charge < -0.3 is 4.74 Å². The number of aromatic nitrogens is 5. The largest absolute Gasteiger partial charge is 0.494 e. The van der Waals surface area contributed by atoms with Gasteiger partial charge in [0.05, 0.1) is 18.8 Å².